The number of anilines is 2. The summed E-state index contributed by atoms with van der Waals surface area (Å²) in [7, 11) is 3.21. The molecule has 0 aliphatic heterocycles. The minimum atomic E-state index is -0.140. The topological polar surface area (TPSA) is 97.3 Å². The number of aromatic nitrogens is 2. The summed E-state index contributed by atoms with van der Waals surface area (Å²) in [6.07, 6.45) is 0. The molecule has 0 radical (unpaired) electrons. The molecule has 0 aromatic carbocycles. The number of hydrogen-bond donors (Lipinski definition) is 2. The highest BCUT2D eigenvalue weighted by Gasteiger charge is 2.11. The van der Waals surface area contributed by atoms with Crippen LogP contribution in [-0.2, 0) is 4.79 Å². The van der Waals surface area contributed by atoms with Gasteiger partial charge >= 0.3 is 12.0 Å². The first kappa shape index (κ1) is 9.30. The fourth-order valence-electron chi connectivity index (χ4n) is 0.743. The van der Waals surface area contributed by atoms with Crippen molar-refractivity contribution in [3.63, 3.8) is 0 Å². The predicted molar refractivity (Wildman–Crippen MR) is 46.0 cm³/mol. The Kier molecular flexibility index (Phi) is 2.68. The standard InChI is InChI=1S/C6H11N5O2/c1-8-4(12)3-11(2)6-10-9-5(7)13-6/h3H2,1-2H3,(H2,7,9)(H,8,12). The van der Waals surface area contributed by atoms with Crippen LogP contribution in [0.25, 0.3) is 0 Å². The molecule has 1 rings (SSSR count). The van der Waals surface area contributed by atoms with Crippen LogP contribution in [0.5, 0.6) is 0 Å². The van der Waals surface area contributed by atoms with Crippen LogP contribution in [0.4, 0.5) is 12.0 Å². The van der Waals surface area contributed by atoms with Crippen LogP contribution in [0.15, 0.2) is 4.42 Å². The first-order valence-corrected chi connectivity index (χ1v) is 3.64. The fourth-order valence-corrected chi connectivity index (χ4v) is 0.743. The molecule has 0 spiro atoms. The van der Waals surface area contributed by atoms with Gasteiger partial charge in [-0.25, -0.2) is 0 Å². The Labute approximate surface area is 74.9 Å². The highest BCUT2D eigenvalue weighted by Crippen LogP contribution is 2.10. The van der Waals surface area contributed by atoms with Gasteiger partial charge in [-0.15, -0.1) is 0 Å². The third-order valence-electron chi connectivity index (χ3n) is 1.42. The first-order chi connectivity index (χ1) is 6.13. The van der Waals surface area contributed by atoms with Crippen molar-refractivity contribution in [3.8, 4) is 0 Å². The summed E-state index contributed by atoms with van der Waals surface area (Å²) in [6.45, 7) is 0.151. The third kappa shape index (κ3) is 2.32. The van der Waals surface area contributed by atoms with Gasteiger partial charge in [0.05, 0.1) is 0 Å². The summed E-state index contributed by atoms with van der Waals surface area (Å²) in [6, 6.07) is 0.208. The molecular weight excluding hydrogens is 174 g/mol. The second-order valence-electron chi connectivity index (χ2n) is 2.45. The quantitative estimate of drug-likeness (QED) is 0.616. The van der Waals surface area contributed by atoms with Crippen LogP contribution in [0.3, 0.4) is 0 Å². The van der Waals surface area contributed by atoms with E-state index in [0.29, 0.717) is 0 Å². The maximum atomic E-state index is 10.9. The van der Waals surface area contributed by atoms with Crippen molar-refractivity contribution in [3.05, 3.63) is 0 Å². The zero-order valence-electron chi connectivity index (χ0n) is 7.44. The summed E-state index contributed by atoms with van der Waals surface area (Å²) in [5.74, 6) is -0.140. The van der Waals surface area contributed by atoms with Crippen molar-refractivity contribution in [2.75, 3.05) is 31.3 Å². The van der Waals surface area contributed by atoms with E-state index in [1.807, 2.05) is 0 Å². The van der Waals surface area contributed by atoms with Crippen molar-refractivity contribution in [1.29, 1.82) is 0 Å². The Morgan fingerprint density at radius 3 is 2.85 bits per heavy atom. The summed E-state index contributed by atoms with van der Waals surface area (Å²) < 4.78 is 4.89. The van der Waals surface area contributed by atoms with E-state index in [-0.39, 0.29) is 24.5 Å². The van der Waals surface area contributed by atoms with Gasteiger partial charge in [-0.2, -0.15) is 0 Å². The van der Waals surface area contributed by atoms with Crippen molar-refractivity contribution in [1.82, 2.24) is 15.5 Å². The molecule has 7 heteroatoms. The molecule has 7 nitrogen and oxygen atoms in total. The van der Waals surface area contributed by atoms with Gasteiger partial charge in [0.2, 0.25) is 5.91 Å². The lowest BCUT2D eigenvalue weighted by Gasteiger charge is -2.11. The number of nitrogens with zero attached hydrogens (tertiary/aromatic N) is 3. The van der Waals surface area contributed by atoms with Gasteiger partial charge in [0, 0.05) is 14.1 Å². The SMILES string of the molecule is CNC(=O)CN(C)c1nnc(N)o1. The average molecular weight is 185 g/mol. The summed E-state index contributed by atoms with van der Waals surface area (Å²) in [4.78, 5) is 12.4. The highest BCUT2D eigenvalue weighted by atomic mass is 16.4. The molecule has 1 heterocycles. The van der Waals surface area contributed by atoms with Crippen molar-refractivity contribution in [2.45, 2.75) is 0 Å². The number of carbonyl (C=O) groups excluding carboxylic acids is 1. The van der Waals surface area contributed by atoms with Gasteiger partial charge in [0.25, 0.3) is 0 Å². The number of nitrogens with one attached hydrogen (secondary N) is 1. The molecule has 0 atom stereocenters. The molecule has 0 bridgehead atoms. The van der Waals surface area contributed by atoms with Crippen molar-refractivity contribution >= 4 is 17.9 Å². The monoisotopic (exact) mass is 185 g/mol. The van der Waals surface area contributed by atoms with E-state index >= 15 is 0 Å². The van der Waals surface area contributed by atoms with Gasteiger partial charge in [0.15, 0.2) is 0 Å². The minimum absolute atomic E-state index is 0.0150. The number of likely N-dealkylation sites (N-methyl/N-ethyl adjacent to an activating group) is 2. The number of nitrogen functional groups attached to an aromatic ring is 1. The lowest BCUT2D eigenvalue weighted by atomic mass is 10.5. The minimum Gasteiger partial charge on any atom is -0.390 e. The maximum Gasteiger partial charge on any atom is 0.319 e. The Bertz CT molecular complexity index is 297. The molecule has 1 aromatic rings. The Hall–Kier alpha value is -1.79. The first-order valence-electron chi connectivity index (χ1n) is 3.64. The zero-order chi connectivity index (χ0) is 9.84. The van der Waals surface area contributed by atoms with Crippen LogP contribution in [0.1, 0.15) is 0 Å². The summed E-state index contributed by atoms with van der Waals surface area (Å²) in [5, 5.41) is 9.54. The number of rotatable bonds is 3. The predicted octanol–water partition coefficient (Wildman–Crippen LogP) is -1.17. The van der Waals surface area contributed by atoms with E-state index in [2.05, 4.69) is 15.5 Å². The molecule has 0 fully saturated rings. The van der Waals surface area contributed by atoms with Crippen LogP contribution in [0, 0.1) is 0 Å². The van der Waals surface area contributed by atoms with E-state index < -0.39 is 0 Å². The maximum absolute atomic E-state index is 10.9. The smallest absolute Gasteiger partial charge is 0.319 e. The molecule has 1 aromatic heterocycles. The zero-order valence-corrected chi connectivity index (χ0v) is 7.44. The number of hydrogen-bond acceptors (Lipinski definition) is 6. The second-order valence-corrected chi connectivity index (χ2v) is 2.45. The normalized spacial score (nSPS) is 9.69. The van der Waals surface area contributed by atoms with Gasteiger partial charge in [0.1, 0.15) is 6.54 Å². The molecule has 3 N–H and O–H groups in total. The third-order valence-corrected chi connectivity index (χ3v) is 1.42. The number of amides is 1. The average Bonchev–Trinajstić information content (AvgIpc) is 2.51. The van der Waals surface area contributed by atoms with Crippen molar-refractivity contribution in [2.24, 2.45) is 0 Å². The number of carbonyl (C=O) groups is 1. The van der Waals surface area contributed by atoms with Crippen LogP contribution in [-0.4, -0.2) is 36.7 Å². The molecule has 72 valence electrons. The molecule has 0 saturated heterocycles. The van der Waals surface area contributed by atoms with Gasteiger partial charge in [-0.05, 0) is 0 Å². The largest absolute Gasteiger partial charge is 0.390 e. The molecule has 0 aliphatic rings. The molecule has 13 heavy (non-hydrogen) atoms. The Morgan fingerprint density at radius 2 is 2.38 bits per heavy atom. The van der Waals surface area contributed by atoms with E-state index in [1.165, 1.54) is 4.90 Å². The second kappa shape index (κ2) is 3.74. The molecule has 1 amide bonds. The molecular formula is C6H11N5O2. The van der Waals surface area contributed by atoms with Crippen LogP contribution >= 0.6 is 0 Å². The van der Waals surface area contributed by atoms with Crippen LogP contribution < -0.4 is 16.0 Å². The van der Waals surface area contributed by atoms with Crippen molar-refractivity contribution < 1.29 is 9.21 Å². The number of nitrogens with two attached hydrogens (primary N) is 1. The summed E-state index contributed by atoms with van der Waals surface area (Å²) in [5.41, 5.74) is 5.21. The van der Waals surface area contributed by atoms with E-state index in [4.69, 9.17) is 10.2 Å². The lowest BCUT2D eigenvalue weighted by molar-refractivity contribution is -0.119. The van der Waals surface area contributed by atoms with E-state index in [1.54, 1.807) is 14.1 Å². The Morgan fingerprint density at radius 1 is 1.69 bits per heavy atom. The van der Waals surface area contributed by atoms with E-state index in [9.17, 15) is 4.79 Å². The molecule has 0 saturated carbocycles. The highest BCUT2D eigenvalue weighted by molar-refractivity contribution is 5.80. The lowest BCUT2D eigenvalue weighted by Crippen LogP contribution is -2.33. The Balaban J connectivity index is 2.58. The fraction of sp³-hybridized carbons (Fsp3) is 0.500. The van der Waals surface area contributed by atoms with Gasteiger partial charge < -0.3 is 20.4 Å². The van der Waals surface area contributed by atoms with Crippen LogP contribution in [0.2, 0.25) is 0 Å². The molecule has 0 unspecified atom stereocenters. The van der Waals surface area contributed by atoms with Gasteiger partial charge in [-0.1, -0.05) is 10.2 Å². The van der Waals surface area contributed by atoms with E-state index in [0.717, 1.165) is 0 Å². The van der Waals surface area contributed by atoms with Gasteiger partial charge in [-0.3, -0.25) is 4.79 Å². The summed E-state index contributed by atoms with van der Waals surface area (Å²) >= 11 is 0. The molecule has 0 aliphatic carbocycles.